The number of benzene rings is 1. The van der Waals surface area contributed by atoms with Crippen LogP contribution >= 0.6 is 15.9 Å². The first-order valence-corrected chi connectivity index (χ1v) is 7.47. The number of carbonyl (C=O) groups excluding carboxylic acids is 2. The van der Waals surface area contributed by atoms with Gasteiger partial charge in [0.25, 0.3) is 0 Å². The summed E-state index contributed by atoms with van der Waals surface area (Å²) in [6.07, 6.45) is 0.628. The summed E-state index contributed by atoms with van der Waals surface area (Å²) in [5.41, 5.74) is 0.243. The molecule has 0 atom stereocenters. The van der Waals surface area contributed by atoms with E-state index in [0.717, 1.165) is 0 Å². The summed E-state index contributed by atoms with van der Waals surface area (Å²) >= 11 is 3.39. The summed E-state index contributed by atoms with van der Waals surface area (Å²) in [4.78, 5) is 24.5. The molecule has 6 heteroatoms. The summed E-state index contributed by atoms with van der Waals surface area (Å²) in [6, 6.07) is 7.13. The van der Waals surface area contributed by atoms with Gasteiger partial charge in [0.1, 0.15) is 5.60 Å². The van der Waals surface area contributed by atoms with E-state index in [4.69, 9.17) is 10.00 Å². The number of fused-ring (bicyclic) bond motifs is 1. The fourth-order valence-corrected chi connectivity index (χ4v) is 2.64. The van der Waals surface area contributed by atoms with Gasteiger partial charge in [-0.25, -0.2) is 4.79 Å². The molecule has 0 amide bonds. The molecule has 2 rings (SSSR count). The van der Waals surface area contributed by atoms with Crippen molar-refractivity contribution in [3.05, 3.63) is 34.4 Å². The van der Waals surface area contributed by atoms with Crippen molar-refractivity contribution in [3.8, 4) is 6.07 Å². The maximum atomic E-state index is 12.4. The summed E-state index contributed by atoms with van der Waals surface area (Å²) < 4.78 is 7.34. The smallest absolute Gasteiger partial charge is 0.419 e. The van der Waals surface area contributed by atoms with Gasteiger partial charge < -0.3 is 4.74 Å². The average molecular weight is 363 g/mol. The highest BCUT2D eigenvalue weighted by molar-refractivity contribution is 9.10. The van der Waals surface area contributed by atoms with Crippen LogP contribution < -0.4 is 0 Å². The Hall–Kier alpha value is -2.13. The number of ketones is 1. The van der Waals surface area contributed by atoms with E-state index in [1.165, 1.54) is 10.8 Å². The molecule has 0 aliphatic rings. The number of hydrogen-bond donors (Lipinski definition) is 0. The van der Waals surface area contributed by atoms with Crippen LogP contribution in [0, 0.1) is 11.3 Å². The van der Waals surface area contributed by atoms with Crippen LogP contribution in [0.5, 0.6) is 0 Å². The van der Waals surface area contributed by atoms with Crippen LogP contribution in [0.4, 0.5) is 4.79 Å². The summed E-state index contributed by atoms with van der Waals surface area (Å²) in [5.74, 6) is -0.326. The number of aromatic nitrogens is 1. The molecule has 2 aromatic rings. The third kappa shape index (κ3) is 3.20. The second-order valence-corrected chi connectivity index (χ2v) is 6.64. The molecule has 0 saturated carbocycles. The molecule has 0 unspecified atom stereocenters. The van der Waals surface area contributed by atoms with Gasteiger partial charge in [0.15, 0.2) is 5.78 Å². The minimum Gasteiger partial charge on any atom is -0.443 e. The zero-order valence-corrected chi connectivity index (χ0v) is 14.1. The minimum absolute atomic E-state index is 0.236. The number of nitrogens with zero attached hydrogens (tertiary/aromatic N) is 2. The molecule has 0 aliphatic heterocycles. The van der Waals surface area contributed by atoms with Crippen LogP contribution in [-0.2, 0) is 4.74 Å². The maximum Gasteiger partial charge on any atom is 0.419 e. The fraction of sp³-hybridized carbons (Fsp3) is 0.312. The highest BCUT2D eigenvalue weighted by Gasteiger charge is 2.23. The van der Waals surface area contributed by atoms with Crippen molar-refractivity contribution in [1.29, 1.82) is 5.26 Å². The molecule has 1 heterocycles. The highest BCUT2D eigenvalue weighted by atomic mass is 79.9. The second-order valence-electron chi connectivity index (χ2n) is 5.79. The third-order valence-electron chi connectivity index (χ3n) is 2.91. The van der Waals surface area contributed by atoms with Crippen molar-refractivity contribution in [1.82, 2.24) is 4.57 Å². The number of Topliss-reactive ketones (excluding diaryl/α,β-unsaturated/α-hetero) is 1. The Morgan fingerprint density at radius 3 is 2.64 bits per heavy atom. The first kappa shape index (κ1) is 16.2. The number of rotatable bonds is 2. The van der Waals surface area contributed by atoms with Gasteiger partial charge in [0.2, 0.25) is 0 Å². The molecule has 5 nitrogen and oxygen atoms in total. The Balaban J connectivity index is 2.63. The lowest BCUT2D eigenvalue weighted by Gasteiger charge is -2.19. The van der Waals surface area contributed by atoms with Crippen molar-refractivity contribution in [2.45, 2.75) is 32.8 Å². The highest BCUT2D eigenvalue weighted by Crippen LogP contribution is 2.30. The normalized spacial score (nSPS) is 11.2. The first-order valence-electron chi connectivity index (χ1n) is 6.67. The molecule has 1 aromatic heterocycles. The Morgan fingerprint density at radius 2 is 2.05 bits per heavy atom. The molecular formula is C16H15BrN2O3. The summed E-state index contributed by atoms with van der Waals surface area (Å²) in [6.45, 7) is 5.31. The number of ether oxygens (including phenoxy) is 1. The minimum atomic E-state index is -0.647. The predicted molar refractivity (Wildman–Crippen MR) is 85.8 cm³/mol. The Kier molecular flexibility index (Phi) is 4.38. The number of carbonyl (C=O) groups is 2. The van der Waals surface area contributed by atoms with Crippen LogP contribution in [-0.4, -0.2) is 22.0 Å². The molecule has 0 saturated heterocycles. The lowest BCUT2D eigenvalue weighted by atomic mass is 10.1. The van der Waals surface area contributed by atoms with Crippen molar-refractivity contribution in [2.24, 2.45) is 0 Å². The van der Waals surface area contributed by atoms with Gasteiger partial charge in [0, 0.05) is 21.6 Å². The molecular weight excluding hydrogens is 348 g/mol. The monoisotopic (exact) mass is 362 g/mol. The van der Waals surface area contributed by atoms with Crippen LogP contribution in [0.25, 0.3) is 10.9 Å². The van der Waals surface area contributed by atoms with Crippen molar-refractivity contribution in [2.75, 3.05) is 0 Å². The summed E-state index contributed by atoms with van der Waals surface area (Å²) in [7, 11) is 0. The van der Waals surface area contributed by atoms with E-state index in [0.29, 0.717) is 20.9 Å². The van der Waals surface area contributed by atoms with Crippen molar-refractivity contribution >= 4 is 38.7 Å². The molecule has 0 N–H and O–H groups in total. The van der Waals surface area contributed by atoms with E-state index in [9.17, 15) is 9.59 Å². The van der Waals surface area contributed by atoms with Crippen LogP contribution in [0.1, 0.15) is 37.6 Å². The van der Waals surface area contributed by atoms with Gasteiger partial charge in [-0.3, -0.25) is 9.36 Å². The molecule has 0 spiro atoms. The second kappa shape index (κ2) is 5.93. The van der Waals surface area contributed by atoms with Crippen LogP contribution in [0.2, 0.25) is 0 Å². The SMILES string of the molecule is CC(C)(C)OC(=O)n1cc(C(=O)CC#N)c2cccc(Br)c21. The zero-order chi connectivity index (χ0) is 16.5. The average Bonchev–Trinajstić information content (AvgIpc) is 2.78. The number of hydrogen-bond acceptors (Lipinski definition) is 4. The molecule has 22 heavy (non-hydrogen) atoms. The van der Waals surface area contributed by atoms with Crippen molar-refractivity contribution < 1.29 is 14.3 Å². The van der Waals surface area contributed by atoms with Gasteiger partial charge >= 0.3 is 6.09 Å². The molecule has 114 valence electrons. The van der Waals surface area contributed by atoms with Gasteiger partial charge in [-0.2, -0.15) is 5.26 Å². The van der Waals surface area contributed by atoms with Gasteiger partial charge in [-0.1, -0.05) is 12.1 Å². The lowest BCUT2D eigenvalue weighted by Crippen LogP contribution is -2.26. The van der Waals surface area contributed by atoms with Gasteiger partial charge in [0.05, 0.1) is 18.0 Å². The predicted octanol–water partition coefficient (Wildman–Crippen LogP) is 4.28. The topological polar surface area (TPSA) is 72.1 Å². The number of nitriles is 1. The van der Waals surface area contributed by atoms with Gasteiger partial charge in [-0.05, 0) is 42.8 Å². The maximum absolute atomic E-state index is 12.4. The molecule has 0 aliphatic carbocycles. The Bertz CT molecular complexity index is 794. The molecule has 0 bridgehead atoms. The van der Waals surface area contributed by atoms with E-state index in [2.05, 4.69) is 15.9 Å². The van der Waals surface area contributed by atoms with E-state index in [1.807, 2.05) is 6.07 Å². The first-order chi connectivity index (χ1) is 10.2. The number of para-hydroxylation sites is 1. The third-order valence-corrected chi connectivity index (χ3v) is 3.55. The van der Waals surface area contributed by atoms with E-state index in [-0.39, 0.29) is 12.2 Å². The Labute approximate surface area is 136 Å². The van der Waals surface area contributed by atoms with E-state index >= 15 is 0 Å². The largest absolute Gasteiger partial charge is 0.443 e. The quantitative estimate of drug-likeness (QED) is 0.747. The standard InChI is InChI=1S/C16H15BrN2O3/c1-16(2,3)22-15(21)19-9-11(13(20)7-8-18)10-5-4-6-12(17)14(10)19/h4-6,9H,7H2,1-3H3. The Morgan fingerprint density at radius 1 is 1.36 bits per heavy atom. The number of halogens is 1. The van der Waals surface area contributed by atoms with Gasteiger partial charge in [-0.15, -0.1) is 0 Å². The summed E-state index contributed by atoms with van der Waals surface area (Å²) in [5, 5.41) is 9.33. The van der Waals surface area contributed by atoms with Crippen LogP contribution in [0.15, 0.2) is 28.9 Å². The van der Waals surface area contributed by atoms with E-state index in [1.54, 1.807) is 39.0 Å². The fourth-order valence-electron chi connectivity index (χ4n) is 2.09. The van der Waals surface area contributed by atoms with Crippen molar-refractivity contribution in [3.63, 3.8) is 0 Å². The zero-order valence-electron chi connectivity index (χ0n) is 12.5. The van der Waals surface area contributed by atoms with E-state index < -0.39 is 11.7 Å². The lowest BCUT2D eigenvalue weighted by molar-refractivity contribution is 0.0544. The molecule has 1 aromatic carbocycles. The molecule has 0 fully saturated rings. The van der Waals surface area contributed by atoms with Crippen LogP contribution in [0.3, 0.4) is 0 Å². The molecule has 0 radical (unpaired) electrons.